The van der Waals surface area contributed by atoms with Crippen LogP contribution in [0.3, 0.4) is 0 Å². The van der Waals surface area contributed by atoms with Crippen molar-refractivity contribution in [3.05, 3.63) is 59.7 Å². The fraction of sp³-hybridized carbons (Fsp3) is 0.286. The van der Waals surface area contributed by atoms with E-state index in [9.17, 15) is 14.4 Å². The average Bonchev–Trinajstić information content (AvgIpc) is 2.65. The van der Waals surface area contributed by atoms with Gasteiger partial charge in [-0.2, -0.15) is 0 Å². The van der Waals surface area contributed by atoms with Gasteiger partial charge in [-0.15, -0.1) is 0 Å². The van der Waals surface area contributed by atoms with Crippen molar-refractivity contribution in [2.75, 3.05) is 31.3 Å². The summed E-state index contributed by atoms with van der Waals surface area (Å²) in [6, 6.07) is 13.8. The number of nitrogens with zero attached hydrogens (tertiary/aromatic N) is 1. The number of rotatable bonds is 7. The Morgan fingerprint density at radius 2 is 1.54 bits per heavy atom. The van der Waals surface area contributed by atoms with Crippen LogP contribution in [0.15, 0.2) is 48.5 Å². The second kappa shape index (κ2) is 9.55. The molecule has 3 amide bonds. The lowest BCUT2D eigenvalue weighted by Gasteiger charge is -2.12. The molecule has 2 aromatic rings. The molecule has 7 nitrogen and oxygen atoms in total. The van der Waals surface area contributed by atoms with Crippen molar-refractivity contribution in [3.8, 4) is 0 Å². The third-order valence-corrected chi connectivity index (χ3v) is 3.80. The Balaban J connectivity index is 1.95. The summed E-state index contributed by atoms with van der Waals surface area (Å²) in [5.74, 6) is -0.553. The van der Waals surface area contributed by atoms with Gasteiger partial charge in [0.15, 0.2) is 0 Å². The zero-order valence-electron chi connectivity index (χ0n) is 16.6. The largest absolute Gasteiger partial charge is 0.376 e. The number of anilines is 2. The van der Waals surface area contributed by atoms with Gasteiger partial charge >= 0.3 is 0 Å². The number of nitrogens with one attached hydrogen (secondary N) is 3. The van der Waals surface area contributed by atoms with Crippen LogP contribution in [0.5, 0.6) is 0 Å². The van der Waals surface area contributed by atoms with E-state index in [4.69, 9.17) is 0 Å². The summed E-state index contributed by atoms with van der Waals surface area (Å²) in [4.78, 5) is 37.8. The molecule has 0 spiro atoms. The molecule has 0 unspecified atom stereocenters. The minimum absolute atomic E-state index is 0.0289. The van der Waals surface area contributed by atoms with Gasteiger partial charge in [-0.05, 0) is 50.2 Å². The molecule has 2 aromatic carbocycles. The van der Waals surface area contributed by atoms with Gasteiger partial charge in [0.25, 0.3) is 11.8 Å². The molecule has 28 heavy (non-hydrogen) atoms. The van der Waals surface area contributed by atoms with Crippen LogP contribution in [0.1, 0.15) is 34.6 Å². The number of hydrogen-bond donors (Lipinski definition) is 3. The number of amides is 3. The van der Waals surface area contributed by atoms with Crippen LogP contribution in [-0.4, -0.2) is 49.3 Å². The van der Waals surface area contributed by atoms with Crippen LogP contribution in [0.25, 0.3) is 0 Å². The predicted octanol–water partition coefficient (Wildman–Crippen LogP) is 2.58. The van der Waals surface area contributed by atoms with Crippen molar-refractivity contribution >= 4 is 29.1 Å². The van der Waals surface area contributed by atoms with Gasteiger partial charge in [0.1, 0.15) is 0 Å². The molecule has 0 atom stereocenters. The Bertz CT molecular complexity index is 862. The van der Waals surface area contributed by atoms with Crippen LogP contribution >= 0.6 is 0 Å². The summed E-state index contributed by atoms with van der Waals surface area (Å²) in [5, 5.41) is 8.59. The fourth-order valence-corrected chi connectivity index (χ4v) is 2.49. The zero-order valence-corrected chi connectivity index (χ0v) is 16.6. The van der Waals surface area contributed by atoms with E-state index in [1.807, 2.05) is 13.8 Å². The zero-order chi connectivity index (χ0) is 20.7. The first-order valence-corrected chi connectivity index (χ1v) is 9.02. The first-order chi connectivity index (χ1) is 13.3. The van der Waals surface area contributed by atoms with E-state index in [1.165, 1.54) is 4.90 Å². The fourth-order valence-electron chi connectivity index (χ4n) is 2.49. The van der Waals surface area contributed by atoms with E-state index in [-0.39, 0.29) is 30.3 Å². The van der Waals surface area contributed by atoms with E-state index in [1.54, 1.807) is 62.6 Å². The molecule has 2 rings (SSSR count). The predicted molar refractivity (Wildman–Crippen MR) is 111 cm³/mol. The van der Waals surface area contributed by atoms with Crippen LogP contribution < -0.4 is 16.0 Å². The minimum atomic E-state index is -0.258. The standard InChI is InChI=1S/C21H26N4O3/c1-14(2)23-20(27)15-7-5-9-17(11-15)22-13-19(26)24-18-10-6-8-16(12-18)21(28)25(3)4/h5-12,14,22H,13H2,1-4H3,(H,23,27)(H,24,26). The Kier molecular flexibility index (Phi) is 7.14. The molecule has 0 radical (unpaired) electrons. The molecular weight excluding hydrogens is 356 g/mol. The summed E-state index contributed by atoms with van der Waals surface area (Å²) in [5.41, 5.74) is 2.24. The van der Waals surface area contributed by atoms with Crippen molar-refractivity contribution in [2.45, 2.75) is 19.9 Å². The van der Waals surface area contributed by atoms with E-state index in [0.717, 1.165) is 0 Å². The minimum Gasteiger partial charge on any atom is -0.376 e. The van der Waals surface area contributed by atoms with Gasteiger partial charge in [0.05, 0.1) is 6.54 Å². The van der Waals surface area contributed by atoms with Gasteiger partial charge in [0.2, 0.25) is 5.91 Å². The van der Waals surface area contributed by atoms with Gasteiger partial charge in [-0.1, -0.05) is 12.1 Å². The van der Waals surface area contributed by atoms with Gasteiger partial charge in [0, 0.05) is 42.6 Å². The number of hydrogen-bond acceptors (Lipinski definition) is 4. The highest BCUT2D eigenvalue weighted by molar-refractivity contribution is 5.98. The maximum Gasteiger partial charge on any atom is 0.253 e. The highest BCUT2D eigenvalue weighted by atomic mass is 16.2. The molecule has 0 heterocycles. The lowest BCUT2D eigenvalue weighted by molar-refractivity contribution is -0.114. The molecule has 0 aliphatic carbocycles. The Morgan fingerprint density at radius 1 is 0.929 bits per heavy atom. The number of benzene rings is 2. The molecule has 0 saturated heterocycles. The first-order valence-electron chi connectivity index (χ1n) is 9.02. The van der Waals surface area contributed by atoms with Crippen LogP contribution in [-0.2, 0) is 4.79 Å². The summed E-state index contributed by atoms with van der Waals surface area (Å²) < 4.78 is 0. The van der Waals surface area contributed by atoms with Gasteiger partial charge in [-0.3, -0.25) is 14.4 Å². The monoisotopic (exact) mass is 382 g/mol. The van der Waals surface area contributed by atoms with E-state index in [2.05, 4.69) is 16.0 Å². The van der Waals surface area contributed by atoms with Crippen molar-refractivity contribution in [1.29, 1.82) is 0 Å². The normalized spacial score (nSPS) is 10.3. The van der Waals surface area contributed by atoms with Crippen LogP contribution in [0.4, 0.5) is 11.4 Å². The molecule has 0 bridgehead atoms. The molecule has 3 N–H and O–H groups in total. The maximum atomic E-state index is 12.2. The second-order valence-electron chi connectivity index (χ2n) is 6.89. The molecular formula is C21H26N4O3. The summed E-state index contributed by atoms with van der Waals surface area (Å²) in [7, 11) is 3.35. The topological polar surface area (TPSA) is 90.5 Å². The van der Waals surface area contributed by atoms with Crippen molar-refractivity contribution in [2.24, 2.45) is 0 Å². The molecule has 0 aliphatic rings. The molecule has 0 aliphatic heterocycles. The Labute approximate surface area is 165 Å². The quantitative estimate of drug-likeness (QED) is 0.686. The molecule has 0 aromatic heterocycles. The molecule has 148 valence electrons. The van der Waals surface area contributed by atoms with Gasteiger partial charge in [-0.25, -0.2) is 0 Å². The lowest BCUT2D eigenvalue weighted by atomic mass is 10.1. The number of carbonyl (C=O) groups excluding carboxylic acids is 3. The molecule has 7 heteroatoms. The Hall–Kier alpha value is -3.35. The SMILES string of the molecule is CC(C)NC(=O)c1cccc(NCC(=O)Nc2cccc(C(=O)N(C)C)c2)c1. The van der Waals surface area contributed by atoms with Crippen molar-refractivity contribution < 1.29 is 14.4 Å². The van der Waals surface area contributed by atoms with Crippen molar-refractivity contribution in [3.63, 3.8) is 0 Å². The second-order valence-corrected chi connectivity index (χ2v) is 6.89. The van der Waals surface area contributed by atoms with Gasteiger partial charge < -0.3 is 20.9 Å². The summed E-state index contributed by atoms with van der Waals surface area (Å²) in [6.07, 6.45) is 0. The summed E-state index contributed by atoms with van der Waals surface area (Å²) >= 11 is 0. The lowest BCUT2D eigenvalue weighted by Crippen LogP contribution is -2.30. The maximum absolute atomic E-state index is 12.2. The third-order valence-electron chi connectivity index (χ3n) is 3.80. The first kappa shape index (κ1) is 21.0. The molecule has 0 fully saturated rings. The smallest absolute Gasteiger partial charge is 0.253 e. The van der Waals surface area contributed by atoms with Crippen LogP contribution in [0.2, 0.25) is 0 Å². The van der Waals surface area contributed by atoms with Crippen molar-refractivity contribution in [1.82, 2.24) is 10.2 Å². The van der Waals surface area contributed by atoms with E-state index >= 15 is 0 Å². The van der Waals surface area contributed by atoms with Crippen LogP contribution in [0, 0.1) is 0 Å². The van der Waals surface area contributed by atoms with E-state index in [0.29, 0.717) is 22.5 Å². The highest BCUT2D eigenvalue weighted by Crippen LogP contribution is 2.13. The third kappa shape index (κ3) is 6.12. The summed E-state index contributed by atoms with van der Waals surface area (Å²) in [6.45, 7) is 3.82. The van der Waals surface area contributed by atoms with E-state index < -0.39 is 0 Å². The Morgan fingerprint density at radius 3 is 2.18 bits per heavy atom. The number of carbonyl (C=O) groups is 3. The highest BCUT2D eigenvalue weighted by Gasteiger charge is 2.10. The average molecular weight is 382 g/mol. The molecule has 0 saturated carbocycles.